The Morgan fingerprint density at radius 1 is 1.15 bits per heavy atom. The van der Waals surface area contributed by atoms with E-state index in [0.717, 1.165) is 11.8 Å². The van der Waals surface area contributed by atoms with Gasteiger partial charge in [-0.05, 0) is 18.3 Å². The van der Waals surface area contributed by atoms with Crippen molar-refractivity contribution in [2.24, 2.45) is 11.8 Å². The van der Waals surface area contributed by atoms with E-state index >= 15 is 0 Å². The third-order valence-corrected chi connectivity index (χ3v) is 2.98. The van der Waals surface area contributed by atoms with Gasteiger partial charge in [0, 0.05) is 0 Å². The summed E-state index contributed by atoms with van der Waals surface area (Å²) in [4.78, 5) is 0. The molecule has 1 aliphatic rings. The lowest BCUT2D eigenvalue weighted by atomic mass is 9.89. The van der Waals surface area contributed by atoms with Gasteiger partial charge in [-0.1, -0.05) is 63.8 Å². The number of allylic oxidation sites excluding steroid dienone is 4. The number of hydrogen-bond acceptors (Lipinski definition) is 0. The molecule has 0 radical (unpaired) electrons. The van der Waals surface area contributed by atoms with Gasteiger partial charge in [-0.15, -0.1) is 0 Å². The van der Waals surface area contributed by atoms with Crippen molar-refractivity contribution in [3.8, 4) is 0 Å². The minimum Gasteiger partial charge on any atom is -0.0776 e. The van der Waals surface area contributed by atoms with Crippen LogP contribution in [0.4, 0.5) is 0 Å². The van der Waals surface area contributed by atoms with Gasteiger partial charge in [0.15, 0.2) is 0 Å². The van der Waals surface area contributed by atoms with Crippen molar-refractivity contribution in [3.63, 3.8) is 0 Å². The summed E-state index contributed by atoms with van der Waals surface area (Å²) in [5.74, 6) is 1.68. The van der Waals surface area contributed by atoms with Crippen molar-refractivity contribution in [2.45, 2.75) is 46.0 Å². The zero-order chi connectivity index (χ0) is 9.52. The van der Waals surface area contributed by atoms with E-state index in [-0.39, 0.29) is 0 Å². The maximum absolute atomic E-state index is 2.33. The molecule has 0 heteroatoms. The molecule has 0 aromatic heterocycles. The van der Waals surface area contributed by atoms with Gasteiger partial charge < -0.3 is 0 Å². The molecule has 0 nitrogen and oxygen atoms in total. The third-order valence-electron chi connectivity index (χ3n) is 2.98. The first-order valence-corrected chi connectivity index (χ1v) is 5.71. The summed E-state index contributed by atoms with van der Waals surface area (Å²) in [7, 11) is 0. The van der Waals surface area contributed by atoms with E-state index in [1.807, 2.05) is 0 Å². The van der Waals surface area contributed by atoms with Gasteiger partial charge in [-0.3, -0.25) is 0 Å². The molecule has 1 atom stereocenters. The molecule has 74 valence electrons. The molecule has 0 N–H and O–H groups in total. The Bertz CT molecular complexity index is 164. The molecule has 0 amide bonds. The first-order valence-electron chi connectivity index (χ1n) is 5.71. The van der Waals surface area contributed by atoms with Crippen molar-refractivity contribution in [1.29, 1.82) is 0 Å². The van der Waals surface area contributed by atoms with Crippen LogP contribution in [0.1, 0.15) is 46.0 Å². The Morgan fingerprint density at radius 2 is 1.85 bits per heavy atom. The first kappa shape index (κ1) is 10.6. The van der Waals surface area contributed by atoms with E-state index in [0.29, 0.717) is 0 Å². The van der Waals surface area contributed by atoms with E-state index in [1.54, 1.807) is 0 Å². The molecule has 1 aliphatic carbocycles. The first-order chi connectivity index (χ1) is 6.36. The van der Waals surface area contributed by atoms with Crippen molar-refractivity contribution in [3.05, 3.63) is 24.3 Å². The topological polar surface area (TPSA) is 0 Å². The van der Waals surface area contributed by atoms with Crippen LogP contribution < -0.4 is 0 Å². The molecule has 0 heterocycles. The standard InChI is InChI=1S/C13H22/c1-3-5-8-12(4-2)11-13-9-6-7-10-13/h6-7,9-10,12-13H,3-5,8,11H2,1-2H3. The predicted molar refractivity (Wildman–Crippen MR) is 59.7 cm³/mol. The van der Waals surface area contributed by atoms with Crippen LogP contribution in [0.2, 0.25) is 0 Å². The molecule has 0 aromatic carbocycles. The molecule has 1 rings (SSSR count). The second kappa shape index (κ2) is 6.01. The molecular formula is C13H22. The second-order valence-electron chi connectivity index (χ2n) is 4.09. The van der Waals surface area contributed by atoms with Crippen molar-refractivity contribution in [1.82, 2.24) is 0 Å². The van der Waals surface area contributed by atoms with E-state index in [9.17, 15) is 0 Å². The van der Waals surface area contributed by atoms with E-state index in [1.165, 1.54) is 32.1 Å². The van der Waals surface area contributed by atoms with Crippen LogP contribution in [0.3, 0.4) is 0 Å². The molecule has 0 aliphatic heterocycles. The Kier molecular flexibility index (Phi) is 4.88. The second-order valence-corrected chi connectivity index (χ2v) is 4.09. The van der Waals surface area contributed by atoms with Crippen LogP contribution in [-0.2, 0) is 0 Å². The van der Waals surface area contributed by atoms with Gasteiger partial charge in [0.05, 0.1) is 0 Å². The summed E-state index contributed by atoms with van der Waals surface area (Å²) in [5, 5.41) is 0. The molecule has 0 bridgehead atoms. The maximum Gasteiger partial charge on any atom is -0.00446 e. The fourth-order valence-corrected chi connectivity index (χ4v) is 2.00. The van der Waals surface area contributed by atoms with Crippen LogP contribution >= 0.6 is 0 Å². The molecule has 0 spiro atoms. The lowest BCUT2D eigenvalue weighted by Gasteiger charge is -2.16. The summed E-state index contributed by atoms with van der Waals surface area (Å²) in [5.41, 5.74) is 0. The van der Waals surface area contributed by atoms with E-state index < -0.39 is 0 Å². The fraction of sp³-hybridized carbons (Fsp3) is 0.692. The fourth-order valence-electron chi connectivity index (χ4n) is 2.00. The van der Waals surface area contributed by atoms with E-state index in [2.05, 4.69) is 38.2 Å². The Labute approximate surface area is 82.7 Å². The molecule has 1 unspecified atom stereocenters. The van der Waals surface area contributed by atoms with Crippen LogP contribution in [0.5, 0.6) is 0 Å². The molecule has 13 heavy (non-hydrogen) atoms. The molecule has 0 fully saturated rings. The average Bonchev–Trinajstić information content (AvgIpc) is 2.64. The zero-order valence-electron chi connectivity index (χ0n) is 9.00. The van der Waals surface area contributed by atoms with Crippen molar-refractivity contribution < 1.29 is 0 Å². The quantitative estimate of drug-likeness (QED) is 0.567. The van der Waals surface area contributed by atoms with Gasteiger partial charge >= 0.3 is 0 Å². The SMILES string of the molecule is CCCCC(CC)CC1C=CC=C1. The van der Waals surface area contributed by atoms with Gasteiger partial charge in [-0.2, -0.15) is 0 Å². The van der Waals surface area contributed by atoms with Crippen LogP contribution in [0.15, 0.2) is 24.3 Å². The minimum atomic E-state index is 0.738. The predicted octanol–water partition coefficient (Wildman–Crippen LogP) is 4.34. The highest BCUT2D eigenvalue weighted by molar-refractivity contribution is 5.17. The van der Waals surface area contributed by atoms with Gasteiger partial charge in [0.2, 0.25) is 0 Å². The molecule has 0 saturated heterocycles. The number of unbranched alkanes of at least 4 members (excludes halogenated alkanes) is 1. The van der Waals surface area contributed by atoms with Gasteiger partial charge in [-0.25, -0.2) is 0 Å². The number of rotatable bonds is 6. The average molecular weight is 178 g/mol. The zero-order valence-corrected chi connectivity index (χ0v) is 9.00. The molecule has 0 aromatic rings. The summed E-state index contributed by atoms with van der Waals surface area (Å²) in [6.45, 7) is 4.60. The molecule has 0 saturated carbocycles. The van der Waals surface area contributed by atoms with Crippen LogP contribution in [0, 0.1) is 11.8 Å². The largest absolute Gasteiger partial charge is 0.0776 e. The highest BCUT2D eigenvalue weighted by atomic mass is 14.2. The third kappa shape index (κ3) is 3.80. The Hall–Kier alpha value is -0.520. The Balaban J connectivity index is 2.22. The minimum absolute atomic E-state index is 0.738. The summed E-state index contributed by atoms with van der Waals surface area (Å²) >= 11 is 0. The summed E-state index contributed by atoms with van der Waals surface area (Å²) in [6, 6.07) is 0. The van der Waals surface area contributed by atoms with Crippen molar-refractivity contribution in [2.75, 3.05) is 0 Å². The highest BCUT2D eigenvalue weighted by Gasteiger charge is 2.11. The normalized spacial score (nSPS) is 18.3. The van der Waals surface area contributed by atoms with Crippen molar-refractivity contribution >= 4 is 0 Å². The highest BCUT2D eigenvalue weighted by Crippen LogP contribution is 2.25. The number of hydrogen-bond donors (Lipinski definition) is 0. The molecular weight excluding hydrogens is 156 g/mol. The summed E-state index contributed by atoms with van der Waals surface area (Å²) in [6.07, 6.45) is 15.9. The van der Waals surface area contributed by atoms with Gasteiger partial charge in [0.25, 0.3) is 0 Å². The monoisotopic (exact) mass is 178 g/mol. The Morgan fingerprint density at radius 3 is 2.38 bits per heavy atom. The van der Waals surface area contributed by atoms with Crippen LogP contribution in [-0.4, -0.2) is 0 Å². The van der Waals surface area contributed by atoms with E-state index in [4.69, 9.17) is 0 Å². The summed E-state index contributed by atoms with van der Waals surface area (Å²) < 4.78 is 0. The smallest absolute Gasteiger partial charge is 0.00446 e. The van der Waals surface area contributed by atoms with Gasteiger partial charge in [0.1, 0.15) is 0 Å². The lowest BCUT2D eigenvalue weighted by molar-refractivity contribution is 0.398. The lowest BCUT2D eigenvalue weighted by Crippen LogP contribution is -2.04. The van der Waals surface area contributed by atoms with Crippen LogP contribution in [0.25, 0.3) is 0 Å². The maximum atomic E-state index is 2.33.